The Hall–Kier alpha value is -2.66. The van der Waals surface area contributed by atoms with Crippen LogP contribution in [-0.2, 0) is 9.53 Å². The predicted molar refractivity (Wildman–Crippen MR) is 75.8 cm³/mol. The summed E-state index contributed by atoms with van der Waals surface area (Å²) in [5.41, 5.74) is 0.303. The van der Waals surface area contributed by atoms with E-state index in [1.807, 2.05) is 0 Å². The number of nitro groups is 1. The Morgan fingerprint density at radius 1 is 1.48 bits per heavy atom. The highest BCUT2D eigenvalue weighted by molar-refractivity contribution is 5.76. The molecule has 0 saturated heterocycles. The van der Waals surface area contributed by atoms with Crippen LogP contribution in [0.2, 0.25) is 0 Å². The van der Waals surface area contributed by atoms with Crippen LogP contribution in [0.15, 0.2) is 18.2 Å². The number of hydrogen-bond donors (Lipinski definition) is 2. The van der Waals surface area contributed by atoms with Crippen LogP contribution in [0.3, 0.4) is 0 Å². The third-order valence-electron chi connectivity index (χ3n) is 2.62. The topological polar surface area (TPSA) is 117 Å². The first-order valence-corrected chi connectivity index (χ1v) is 6.26. The molecular formula is C13H16N4O4. The van der Waals surface area contributed by atoms with E-state index in [1.165, 1.54) is 18.2 Å². The molecule has 0 saturated carbocycles. The fourth-order valence-electron chi connectivity index (χ4n) is 1.60. The lowest BCUT2D eigenvalue weighted by molar-refractivity contribution is -0.385. The second-order valence-corrected chi connectivity index (χ2v) is 4.12. The van der Waals surface area contributed by atoms with Gasteiger partial charge in [0, 0.05) is 38.4 Å². The minimum Gasteiger partial charge on any atom is -0.384 e. The molecule has 0 aromatic heterocycles. The second-order valence-electron chi connectivity index (χ2n) is 4.12. The van der Waals surface area contributed by atoms with Crippen molar-refractivity contribution in [2.24, 2.45) is 0 Å². The van der Waals surface area contributed by atoms with Crippen LogP contribution in [0.25, 0.3) is 0 Å². The minimum atomic E-state index is -0.606. The van der Waals surface area contributed by atoms with Gasteiger partial charge in [-0.3, -0.25) is 14.9 Å². The summed E-state index contributed by atoms with van der Waals surface area (Å²) in [6.45, 7) is 1.26. The van der Waals surface area contributed by atoms with Gasteiger partial charge in [0.15, 0.2) is 0 Å². The molecule has 8 heteroatoms. The smallest absolute Gasteiger partial charge is 0.287 e. The van der Waals surface area contributed by atoms with Gasteiger partial charge in [0.1, 0.15) is 11.6 Å². The number of carbonyl (C=O) groups is 1. The summed E-state index contributed by atoms with van der Waals surface area (Å²) in [6.07, 6.45) is 0.253. The zero-order chi connectivity index (χ0) is 15.7. The monoisotopic (exact) mass is 292 g/mol. The van der Waals surface area contributed by atoms with Crippen molar-refractivity contribution in [2.75, 3.05) is 32.1 Å². The Balaban J connectivity index is 2.48. The van der Waals surface area contributed by atoms with Gasteiger partial charge in [-0.2, -0.15) is 5.26 Å². The van der Waals surface area contributed by atoms with E-state index in [2.05, 4.69) is 10.6 Å². The summed E-state index contributed by atoms with van der Waals surface area (Å²) < 4.78 is 4.81. The molecule has 1 aromatic carbocycles. The number of hydrogen-bond acceptors (Lipinski definition) is 6. The maximum Gasteiger partial charge on any atom is 0.287 e. The summed E-state index contributed by atoms with van der Waals surface area (Å²) in [5.74, 6) is -0.123. The zero-order valence-corrected chi connectivity index (χ0v) is 11.6. The SMILES string of the molecule is COCCNC(=O)CCNc1ccc([N+](=O)[O-])c(C#N)c1. The lowest BCUT2D eigenvalue weighted by atomic mass is 10.1. The fraction of sp³-hybridized carbons (Fsp3) is 0.385. The maximum atomic E-state index is 11.4. The average Bonchev–Trinajstić information content (AvgIpc) is 2.47. The number of nitriles is 1. The van der Waals surface area contributed by atoms with Gasteiger partial charge in [0.2, 0.25) is 5.91 Å². The summed E-state index contributed by atoms with van der Waals surface area (Å²) in [4.78, 5) is 21.5. The lowest BCUT2D eigenvalue weighted by Crippen LogP contribution is -2.28. The van der Waals surface area contributed by atoms with Crippen LogP contribution in [-0.4, -0.2) is 37.6 Å². The molecule has 112 valence electrons. The Morgan fingerprint density at radius 2 is 2.24 bits per heavy atom. The van der Waals surface area contributed by atoms with Crippen molar-refractivity contribution in [1.82, 2.24) is 5.32 Å². The first-order valence-electron chi connectivity index (χ1n) is 6.26. The number of carbonyl (C=O) groups excluding carboxylic acids is 1. The van der Waals surface area contributed by atoms with Crippen molar-refractivity contribution in [2.45, 2.75) is 6.42 Å². The first kappa shape index (κ1) is 16.4. The number of nitrogens with one attached hydrogen (secondary N) is 2. The lowest BCUT2D eigenvalue weighted by Gasteiger charge is -2.07. The second kappa shape index (κ2) is 8.50. The van der Waals surface area contributed by atoms with Crippen LogP contribution in [0.5, 0.6) is 0 Å². The molecule has 0 aliphatic heterocycles. The summed E-state index contributed by atoms with van der Waals surface area (Å²) in [5, 5.41) is 25.2. The summed E-state index contributed by atoms with van der Waals surface area (Å²) in [7, 11) is 1.55. The third kappa shape index (κ3) is 5.46. The molecule has 0 spiro atoms. The number of nitro benzene ring substituents is 1. The van der Waals surface area contributed by atoms with Crippen molar-refractivity contribution in [3.05, 3.63) is 33.9 Å². The number of amides is 1. The minimum absolute atomic E-state index is 0.0189. The van der Waals surface area contributed by atoms with Crippen LogP contribution in [0, 0.1) is 21.4 Å². The normalized spacial score (nSPS) is 9.71. The quantitative estimate of drug-likeness (QED) is 0.420. The average molecular weight is 292 g/mol. The van der Waals surface area contributed by atoms with Crippen molar-refractivity contribution in [1.29, 1.82) is 5.26 Å². The largest absolute Gasteiger partial charge is 0.384 e. The van der Waals surface area contributed by atoms with Gasteiger partial charge in [-0.1, -0.05) is 0 Å². The van der Waals surface area contributed by atoms with E-state index in [4.69, 9.17) is 10.00 Å². The maximum absolute atomic E-state index is 11.4. The van der Waals surface area contributed by atoms with Gasteiger partial charge in [-0.05, 0) is 12.1 Å². The molecule has 0 atom stereocenters. The number of anilines is 1. The van der Waals surface area contributed by atoms with Gasteiger partial charge in [0.25, 0.3) is 5.69 Å². The molecule has 0 bridgehead atoms. The van der Waals surface area contributed by atoms with E-state index in [0.717, 1.165) is 0 Å². The highest BCUT2D eigenvalue weighted by atomic mass is 16.6. The molecule has 1 amide bonds. The first-order chi connectivity index (χ1) is 10.1. The Labute approximate surface area is 121 Å². The number of rotatable bonds is 8. The Kier molecular flexibility index (Phi) is 6.63. The molecule has 0 heterocycles. The fourth-order valence-corrected chi connectivity index (χ4v) is 1.60. The molecule has 0 aliphatic rings. The number of ether oxygens (including phenoxy) is 1. The Bertz CT molecular complexity index is 554. The number of nitrogens with zero attached hydrogens (tertiary/aromatic N) is 2. The highest BCUT2D eigenvalue weighted by Gasteiger charge is 2.13. The van der Waals surface area contributed by atoms with Crippen molar-refractivity contribution < 1.29 is 14.5 Å². The molecule has 21 heavy (non-hydrogen) atoms. The highest BCUT2D eigenvalue weighted by Crippen LogP contribution is 2.21. The van der Waals surface area contributed by atoms with Crippen LogP contribution in [0.1, 0.15) is 12.0 Å². The number of benzene rings is 1. The zero-order valence-electron chi connectivity index (χ0n) is 11.6. The standard InChI is InChI=1S/C13H16N4O4/c1-21-7-6-16-13(18)4-5-15-11-2-3-12(17(19)20)10(8-11)9-14/h2-3,8,15H,4-7H2,1H3,(H,16,18). The van der Waals surface area contributed by atoms with Gasteiger partial charge in [-0.25, -0.2) is 0 Å². The van der Waals surface area contributed by atoms with Crippen LogP contribution < -0.4 is 10.6 Å². The molecule has 0 fully saturated rings. The molecule has 8 nitrogen and oxygen atoms in total. The molecule has 0 unspecified atom stereocenters. The van der Waals surface area contributed by atoms with Crippen molar-refractivity contribution in [3.8, 4) is 6.07 Å². The predicted octanol–water partition coefficient (Wildman–Crippen LogP) is 1.03. The molecule has 0 radical (unpaired) electrons. The van der Waals surface area contributed by atoms with Crippen molar-refractivity contribution >= 4 is 17.3 Å². The van der Waals surface area contributed by atoms with E-state index in [9.17, 15) is 14.9 Å². The molecular weight excluding hydrogens is 276 g/mol. The number of methoxy groups -OCH3 is 1. The van der Waals surface area contributed by atoms with E-state index >= 15 is 0 Å². The van der Waals surface area contributed by atoms with E-state index in [1.54, 1.807) is 13.2 Å². The summed E-state index contributed by atoms with van der Waals surface area (Å²) >= 11 is 0. The third-order valence-corrected chi connectivity index (χ3v) is 2.62. The Morgan fingerprint density at radius 3 is 2.86 bits per heavy atom. The molecule has 1 aromatic rings. The van der Waals surface area contributed by atoms with Gasteiger partial charge in [-0.15, -0.1) is 0 Å². The van der Waals surface area contributed by atoms with E-state index in [0.29, 0.717) is 25.4 Å². The summed E-state index contributed by atoms with van der Waals surface area (Å²) in [6, 6.07) is 5.93. The van der Waals surface area contributed by atoms with Gasteiger partial charge in [0.05, 0.1) is 11.5 Å². The molecule has 2 N–H and O–H groups in total. The molecule has 1 rings (SSSR count). The van der Waals surface area contributed by atoms with Gasteiger partial charge >= 0.3 is 0 Å². The van der Waals surface area contributed by atoms with Gasteiger partial charge < -0.3 is 15.4 Å². The van der Waals surface area contributed by atoms with E-state index < -0.39 is 4.92 Å². The van der Waals surface area contributed by atoms with Crippen LogP contribution >= 0.6 is 0 Å². The van der Waals surface area contributed by atoms with E-state index in [-0.39, 0.29) is 23.6 Å². The van der Waals surface area contributed by atoms with Crippen LogP contribution in [0.4, 0.5) is 11.4 Å². The van der Waals surface area contributed by atoms with Crippen molar-refractivity contribution in [3.63, 3.8) is 0 Å². The molecule has 0 aliphatic carbocycles.